The average Bonchev–Trinajstić information content (AvgIpc) is 2.43. The van der Waals surface area contributed by atoms with Crippen LogP contribution in [0.5, 0.6) is 0 Å². The fourth-order valence-corrected chi connectivity index (χ4v) is 2.39. The molecule has 0 radical (unpaired) electrons. The molecular weight excluding hydrogens is 414 g/mol. The van der Waals surface area contributed by atoms with Crippen molar-refractivity contribution in [1.82, 2.24) is 0 Å². The maximum Gasteiger partial charge on any atom is 2.00 e. The topological polar surface area (TPSA) is 26.0 Å². The van der Waals surface area contributed by atoms with Crippen LogP contribution in [0.4, 0.5) is 0 Å². The minimum Gasteiger partial charge on any atom is -1.00 e. The quantitative estimate of drug-likeness (QED) is 0.212. The van der Waals surface area contributed by atoms with Crippen molar-refractivity contribution in [2.24, 2.45) is 5.73 Å². The molecule has 0 unspecified atom stereocenters. The predicted molar refractivity (Wildman–Crippen MR) is 88.5 cm³/mol. The van der Waals surface area contributed by atoms with Gasteiger partial charge < -0.3 is 30.5 Å². The van der Waals surface area contributed by atoms with Gasteiger partial charge in [-0.15, -0.1) is 0 Å². The zero-order valence-electron chi connectivity index (χ0n) is 14.8. The molecule has 0 heterocycles. The van der Waals surface area contributed by atoms with Gasteiger partial charge in [-0.1, -0.05) is 76.9 Å². The Kier molecular flexibility index (Phi) is 42.5. The van der Waals surface area contributed by atoms with Crippen molar-refractivity contribution >= 4 is 0 Å². The molecule has 0 aliphatic carbocycles. The first-order chi connectivity index (χ1) is 9.41. The Bertz CT molecular complexity index is 190. The Labute approximate surface area is 172 Å². The molecular formula is C18H37CdCl2N. The van der Waals surface area contributed by atoms with Crippen LogP contribution in [-0.4, -0.2) is 6.54 Å². The fraction of sp³-hybridized carbons (Fsp3) is 0.889. The molecule has 0 aliphatic rings. The molecule has 0 aromatic heterocycles. The maximum absolute atomic E-state index is 5.47. The van der Waals surface area contributed by atoms with Crippen LogP contribution in [0.2, 0.25) is 0 Å². The molecule has 4 heteroatoms. The van der Waals surface area contributed by atoms with E-state index in [2.05, 4.69) is 19.1 Å². The summed E-state index contributed by atoms with van der Waals surface area (Å²) >= 11 is 0. The molecule has 22 heavy (non-hydrogen) atoms. The SMILES string of the molecule is CCCCCCCC/C=C\CCCCCCCCN.[Cd+2].[Cl-].[Cl-]. The summed E-state index contributed by atoms with van der Waals surface area (Å²) in [6.45, 7) is 3.14. The van der Waals surface area contributed by atoms with Crippen LogP contribution in [0, 0.1) is 0 Å². The third kappa shape index (κ3) is 29.2. The molecule has 0 bridgehead atoms. The Morgan fingerprint density at radius 1 is 0.591 bits per heavy atom. The molecule has 0 aliphatic heterocycles. The van der Waals surface area contributed by atoms with Gasteiger partial charge in [0.2, 0.25) is 0 Å². The summed E-state index contributed by atoms with van der Waals surface area (Å²) < 4.78 is 0. The standard InChI is InChI=1S/C18H37N.Cd.2ClH/c1-2-3-4-5-6-7-8-9-10-11-12-13-14-15-16-17-18-19;;;/h9-10H,2-8,11-19H2,1H3;;2*1H/q;+2;;/p-2/b10-9-;;;. The first-order valence-electron chi connectivity index (χ1n) is 8.77. The second-order valence-corrected chi connectivity index (χ2v) is 5.73. The van der Waals surface area contributed by atoms with Crippen LogP contribution in [0.3, 0.4) is 0 Å². The average molecular weight is 451 g/mol. The number of rotatable bonds is 15. The molecule has 0 aromatic carbocycles. The summed E-state index contributed by atoms with van der Waals surface area (Å²) in [7, 11) is 0. The molecule has 0 saturated carbocycles. The van der Waals surface area contributed by atoms with E-state index < -0.39 is 0 Å². The van der Waals surface area contributed by atoms with Gasteiger partial charge >= 0.3 is 27.3 Å². The van der Waals surface area contributed by atoms with Crippen molar-refractivity contribution in [3.63, 3.8) is 0 Å². The molecule has 0 spiro atoms. The van der Waals surface area contributed by atoms with Crippen molar-refractivity contribution in [2.45, 2.75) is 96.8 Å². The number of hydrogen-bond donors (Lipinski definition) is 1. The second kappa shape index (κ2) is 30.1. The van der Waals surface area contributed by atoms with Gasteiger partial charge in [0.05, 0.1) is 0 Å². The van der Waals surface area contributed by atoms with E-state index in [-0.39, 0.29) is 52.1 Å². The Balaban J connectivity index is -0.000000540. The van der Waals surface area contributed by atoms with Gasteiger partial charge in [0.25, 0.3) is 0 Å². The maximum atomic E-state index is 5.47. The molecule has 0 amide bonds. The summed E-state index contributed by atoms with van der Waals surface area (Å²) in [5.41, 5.74) is 5.47. The van der Waals surface area contributed by atoms with Crippen LogP contribution in [0.25, 0.3) is 0 Å². The van der Waals surface area contributed by atoms with E-state index in [1.54, 1.807) is 0 Å². The number of halogens is 2. The van der Waals surface area contributed by atoms with Gasteiger partial charge in [-0.05, 0) is 38.6 Å². The number of hydrogen-bond acceptors (Lipinski definition) is 1. The first-order valence-corrected chi connectivity index (χ1v) is 8.77. The number of nitrogens with two attached hydrogens (primary N) is 1. The van der Waals surface area contributed by atoms with Crippen LogP contribution in [-0.2, 0) is 27.3 Å². The third-order valence-electron chi connectivity index (χ3n) is 3.72. The molecule has 0 rings (SSSR count). The summed E-state index contributed by atoms with van der Waals surface area (Å²) in [6, 6.07) is 0. The Morgan fingerprint density at radius 3 is 1.36 bits per heavy atom. The van der Waals surface area contributed by atoms with Crippen LogP contribution in [0.1, 0.15) is 96.8 Å². The van der Waals surface area contributed by atoms with Crippen molar-refractivity contribution in [3.8, 4) is 0 Å². The fourth-order valence-electron chi connectivity index (χ4n) is 2.39. The van der Waals surface area contributed by atoms with E-state index in [9.17, 15) is 0 Å². The summed E-state index contributed by atoms with van der Waals surface area (Å²) in [4.78, 5) is 0. The van der Waals surface area contributed by atoms with Crippen molar-refractivity contribution in [2.75, 3.05) is 6.54 Å². The smallest absolute Gasteiger partial charge is 1.00 e. The predicted octanol–water partition coefficient (Wildman–Crippen LogP) is -0.0119. The first kappa shape index (κ1) is 31.0. The van der Waals surface area contributed by atoms with Crippen LogP contribution >= 0.6 is 0 Å². The van der Waals surface area contributed by atoms with Crippen molar-refractivity contribution < 1.29 is 52.1 Å². The van der Waals surface area contributed by atoms with E-state index in [0.717, 1.165) is 6.54 Å². The minimum atomic E-state index is 0. The summed E-state index contributed by atoms with van der Waals surface area (Å²) in [5.74, 6) is 0. The Hall–Kier alpha value is 1.20. The van der Waals surface area contributed by atoms with Crippen molar-refractivity contribution in [1.29, 1.82) is 0 Å². The van der Waals surface area contributed by atoms with Gasteiger partial charge in [0, 0.05) is 0 Å². The number of allylic oxidation sites excluding steroid dienone is 2. The molecule has 2 N–H and O–H groups in total. The van der Waals surface area contributed by atoms with E-state index in [1.165, 1.54) is 89.9 Å². The van der Waals surface area contributed by atoms with Gasteiger partial charge in [-0.3, -0.25) is 0 Å². The van der Waals surface area contributed by atoms with Crippen LogP contribution in [0.15, 0.2) is 12.2 Å². The van der Waals surface area contributed by atoms with Gasteiger partial charge in [0.15, 0.2) is 0 Å². The molecule has 0 saturated heterocycles. The van der Waals surface area contributed by atoms with E-state index >= 15 is 0 Å². The second-order valence-electron chi connectivity index (χ2n) is 5.73. The zero-order valence-corrected chi connectivity index (χ0v) is 20.3. The molecule has 130 valence electrons. The molecule has 1 nitrogen and oxygen atoms in total. The minimum absolute atomic E-state index is 0. The summed E-state index contributed by atoms with van der Waals surface area (Å²) in [6.07, 6.45) is 23.9. The summed E-state index contributed by atoms with van der Waals surface area (Å²) in [5, 5.41) is 0. The normalized spacial score (nSPS) is 9.91. The van der Waals surface area contributed by atoms with E-state index in [0.29, 0.717) is 0 Å². The largest absolute Gasteiger partial charge is 2.00 e. The van der Waals surface area contributed by atoms with Crippen molar-refractivity contribution in [3.05, 3.63) is 12.2 Å². The van der Waals surface area contributed by atoms with Gasteiger partial charge in [-0.2, -0.15) is 0 Å². The third-order valence-corrected chi connectivity index (χ3v) is 3.72. The zero-order chi connectivity index (χ0) is 14.0. The van der Waals surface area contributed by atoms with Gasteiger partial charge in [0.1, 0.15) is 0 Å². The molecule has 0 aromatic rings. The van der Waals surface area contributed by atoms with Crippen LogP contribution < -0.4 is 30.5 Å². The number of unbranched alkanes of at least 4 members (excludes halogenated alkanes) is 12. The molecule has 0 fully saturated rings. The van der Waals surface area contributed by atoms with E-state index in [4.69, 9.17) is 5.73 Å². The van der Waals surface area contributed by atoms with Gasteiger partial charge in [-0.25, -0.2) is 0 Å². The Morgan fingerprint density at radius 2 is 0.955 bits per heavy atom. The van der Waals surface area contributed by atoms with E-state index in [1.807, 2.05) is 0 Å². The monoisotopic (exact) mass is 451 g/mol. The molecule has 0 atom stereocenters.